The highest BCUT2D eigenvalue weighted by Gasteiger charge is 2.17. The Bertz CT molecular complexity index is 345. The quantitative estimate of drug-likeness (QED) is 0.744. The number of phenolic OH excluding ortho intramolecular Hbond substituents is 1. The third-order valence-electron chi connectivity index (χ3n) is 2.79. The Morgan fingerprint density at radius 1 is 1.29 bits per heavy atom. The standard InChI is InChI=1S/C11H14FNO/c1-8-9(12)4-5-10(11(8)14)13-6-2-3-7-13/h4-5,14H,2-3,6-7H2,1H3. The lowest BCUT2D eigenvalue weighted by Crippen LogP contribution is -2.17. The molecule has 1 aromatic carbocycles. The first-order valence-corrected chi connectivity index (χ1v) is 4.93. The van der Waals surface area contributed by atoms with Crippen molar-refractivity contribution >= 4 is 5.69 Å². The van der Waals surface area contributed by atoms with Gasteiger partial charge in [-0.15, -0.1) is 0 Å². The Hall–Kier alpha value is -1.25. The molecule has 0 aliphatic carbocycles. The molecule has 1 fully saturated rings. The number of hydrogen-bond donors (Lipinski definition) is 1. The van der Waals surface area contributed by atoms with Crippen molar-refractivity contribution in [2.45, 2.75) is 19.8 Å². The molecule has 1 aromatic rings. The third-order valence-corrected chi connectivity index (χ3v) is 2.79. The van der Waals surface area contributed by atoms with Crippen LogP contribution >= 0.6 is 0 Å². The molecule has 76 valence electrons. The van der Waals surface area contributed by atoms with E-state index in [4.69, 9.17) is 0 Å². The maximum absolute atomic E-state index is 13.1. The van der Waals surface area contributed by atoms with Crippen LogP contribution in [0.1, 0.15) is 18.4 Å². The Kier molecular flexibility index (Phi) is 2.32. The van der Waals surface area contributed by atoms with Crippen LogP contribution in [0.15, 0.2) is 12.1 Å². The van der Waals surface area contributed by atoms with Gasteiger partial charge < -0.3 is 10.0 Å². The Morgan fingerprint density at radius 2 is 1.93 bits per heavy atom. The van der Waals surface area contributed by atoms with E-state index in [1.54, 1.807) is 13.0 Å². The molecule has 1 aliphatic rings. The van der Waals surface area contributed by atoms with Gasteiger partial charge in [-0.25, -0.2) is 4.39 Å². The first kappa shape index (κ1) is 9.31. The monoisotopic (exact) mass is 195 g/mol. The van der Waals surface area contributed by atoms with Gasteiger partial charge in [-0.1, -0.05) is 0 Å². The van der Waals surface area contributed by atoms with Crippen LogP contribution < -0.4 is 4.90 Å². The molecule has 0 radical (unpaired) electrons. The molecular weight excluding hydrogens is 181 g/mol. The number of anilines is 1. The van der Waals surface area contributed by atoms with Crippen molar-refractivity contribution in [1.29, 1.82) is 0 Å². The predicted molar refractivity (Wildman–Crippen MR) is 54.2 cm³/mol. The Balaban J connectivity index is 2.38. The van der Waals surface area contributed by atoms with Gasteiger partial charge in [-0.05, 0) is 31.9 Å². The Morgan fingerprint density at radius 3 is 2.57 bits per heavy atom. The van der Waals surface area contributed by atoms with Gasteiger partial charge in [0.2, 0.25) is 0 Å². The minimum absolute atomic E-state index is 0.0897. The molecule has 3 heteroatoms. The minimum Gasteiger partial charge on any atom is -0.505 e. The van der Waals surface area contributed by atoms with Crippen LogP contribution in [-0.4, -0.2) is 18.2 Å². The van der Waals surface area contributed by atoms with Crippen molar-refractivity contribution in [3.8, 4) is 5.75 Å². The highest BCUT2D eigenvalue weighted by atomic mass is 19.1. The van der Waals surface area contributed by atoms with E-state index in [0.717, 1.165) is 31.6 Å². The first-order valence-electron chi connectivity index (χ1n) is 4.93. The number of hydrogen-bond acceptors (Lipinski definition) is 2. The lowest BCUT2D eigenvalue weighted by molar-refractivity contribution is 0.462. The average molecular weight is 195 g/mol. The SMILES string of the molecule is Cc1c(F)ccc(N2CCCC2)c1O. The van der Waals surface area contributed by atoms with Crippen molar-refractivity contribution in [3.63, 3.8) is 0 Å². The van der Waals surface area contributed by atoms with Crippen molar-refractivity contribution in [2.24, 2.45) is 0 Å². The van der Waals surface area contributed by atoms with Gasteiger partial charge in [0.25, 0.3) is 0 Å². The largest absolute Gasteiger partial charge is 0.505 e. The fraction of sp³-hybridized carbons (Fsp3) is 0.455. The van der Waals surface area contributed by atoms with E-state index in [-0.39, 0.29) is 11.6 Å². The van der Waals surface area contributed by atoms with Crippen LogP contribution in [0, 0.1) is 12.7 Å². The summed E-state index contributed by atoms with van der Waals surface area (Å²) in [6.07, 6.45) is 2.30. The van der Waals surface area contributed by atoms with E-state index in [2.05, 4.69) is 4.90 Å². The lowest BCUT2D eigenvalue weighted by Gasteiger charge is -2.19. The van der Waals surface area contributed by atoms with Crippen molar-refractivity contribution in [3.05, 3.63) is 23.5 Å². The fourth-order valence-corrected chi connectivity index (χ4v) is 1.87. The number of nitrogens with zero attached hydrogens (tertiary/aromatic N) is 1. The second-order valence-electron chi connectivity index (χ2n) is 3.73. The smallest absolute Gasteiger partial charge is 0.144 e. The molecule has 1 N–H and O–H groups in total. The molecule has 1 aliphatic heterocycles. The summed E-state index contributed by atoms with van der Waals surface area (Å²) in [5, 5.41) is 9.76. The molecule has 0 aromatic heterocycles. The molecule has 0 spiro atoms. The van der Waals surface area contributed by atoms with E-state index in [9.17, 15) is 9.50 Å². The number of phenols is 1. The molecule has 1 saturated heterocycles. The summed E-state index contributed by atoms with van der Waals surface area (Å²) < 4.78 is 13.1. The maximum Gasteiger partial charge on any atom is 0.144 e. The van der Waals surface area contributed by atoms with Crippen LogP contribution in [0.3, 0.4) is 0 Å². The first-order chi connectivity index (χ1) is 6.70. The van der Waals surface area contributed by atoms with E-state index in [1.165, 1.54) is 6.07 Å². The Labute approximate surface area is 83.0 Å². The molecule has 0 saturated carbocycles. The molecule has 0 atom stereocenters. The molecular formula is C11H14FNO. The summed E-state index contributed by atoms with van der Waals surface area (Å²) in [6.45, 7) is 3.52. The van der Waals surface area contributed by atoms with Gasteiger partial charge in [-0.2, -0.15) is 0 Å². The summed E-state index contributed by atoms with van der Waals surface area (Å²) in [7, 11) is 0. The van der Waals surface area contributed by atoms with Crippen LogP contribution in [0.2, 0.25) is 0 Å². The lowest BCUT2D eigenvalue weighted by atomic mass is 10.1. The zero-order valence-electron chi connectivity index (χ0n) is 8.26. The highest BCUT2D eigenvalue weighted by Crippen LogP contribution is 2.33. The fourth-order valence-electron chi connectivity index (χ4n) is 1.87. The summed E-state index contributed by atoms with van der Waals surface area (Å²) >= 11 is 0. The van der Waals surface area contributed by atoms with Gasteiger partial charge in [0.15, 0.2) is 0 Å². The van der Waals surface area contributed by atoms with E-state index >= 15 is 0 Å². The summed E-state index contributed by atoms with van der Waals surface area (Å²) in [5.41, 5.74) is 1.11. The van der Waals surface area contributed by atoms with Gasteiger partial charge in [-0.3, -0.25) is 0 Å². The molecule has 0 amide bonds. The third kappa shape index (κ3) is 1.43. The number of halogens is 1. The zero-order chi connectivity index (χ0) is 10.1. The van der Waals surface area contributed by atoms with Crippen molar-refractivity contribution in [2.75, 3.05) is 18.0 Å². The van der Waals surface area contributed by atoms with Gasteiger partial charge in [0, 0.05) is 18.7 Å². The van der Waals surface area contributed by atoms with Gasteiger partial charge in [0.1, 0.15) is 11.6 Å². The number of aromatic hydroxyl groups is 1. The topological polar surface area (TPSA) is 23.5 Å². The molecule has 0 unspecified atom stereocenters. The average Bonchev–Trinajstić information content (AvgIpc) is 2.67. The highest BCUT2D eigenvalue weighted by molar-refractivity contribution is 5.61. The van der Waals surface area contributed by atoms with Crippen LogP contribution in [0.4, 0.5) is 10.1 Å². The van der Waals surface area contributed by atoms with Crippen molar-refractivity contribution < 1.29 is 9.50 Å². The summed E-state index contributed by atoms with van der Waals surface area (Å²) in [5.74, 6) is -0.252. The van der Waals surface area contributed by atoms with Crippen LogP contribution in [0.5, 0.6) is 5.75 Å². The van der Waals surface area contributed by atoms with E-state index in [1.807, 2.05) is 0 Å². The zero-order valence-corrected chi connectivity index (χ0v) is 8.26. The summed E-state index contributed by atoms with van der Waals surface area (Å²) in [4.78, 5) is 2.10. The number of rotatable bonds is 1. The molecule has 0 bridgehead atoms. The van der Waals surface area contributed by atoms with Gasteiger partial charge in [0.05, 0.1) is 5.69 Å². The number of benzene rings is 1. The second kappa shape index (κ2) is 3.48. The van der Waals surface area contributed by atoms with Gasteiger partial charge >= 0.3 is 0 Å². The molecule has 2 nitrogen and oxygen atoms in total. The summed E-state index contributed by atoms with van der Waals surface area (Å²) in [6, 6.07) is 3.08. The van der Waals surface area contributed by atoms with Crippen LogP contribution in [-0.2, 0) is 0 Å². The van der Waals surface area contributed by atoms with E-state index < -0.39 is 0 Å². The predicted octanol–water partition coefficient (Wildman–Crippen LogP) is 2.44. The molecule has 14 heavy (non-hydrogen) atoms. The minimum atomic E-state index is -0.342. The van der Waals surface area contributed by atoms with Crippen LogP contribution in [0.25, 0.3) is 0 Å². The normalized spacial score (nSPS) is 16.3. The molecule has 2 rings (SSSR count). The van der Waals surface area contributed by atoms with Crippen molar-refractivity contribution in [1.82, 2.24) is 0 Å². The second-order valence-corrected chi connectivity index (χ2v) is 3.73. The molecule has 1 heterocycles. The van der Waals surface area contributed by atoms with E-state index in [0.29, 0.717) is 5.56 Å². The maximum atomic E-state index is 13.1.